The van der Waals surface area contributed by atoms with Crippen molar-refractivity contribution in [2.75, 3.05) is 6.61 Å². The molecular formula is C14H18O8. The lowest BCUT2D eigenvalue weighted by molar-refractivity contribution is -0.277. The maximum Gasteiger partial charge on any atom is 0.307 e. The molecule has 0 aromatic heterocycles. The van der Waals surface area contributed by atoms with Crippen molar-refractivity contribution in [1.82, 2.24) is 0 Å². The van der Waals surface area contributed by atoms with E-state index in [1.165, 1.54) is 12.1 Å². The molecule has 2 rings (SSSR count). The summed E-state index contributed by atoms with van der Waals surface area (Å²) in [5, 5.41) is 46.9. The highest BCUT2D eigenvalue weighted by Gasteiger charge is 2.44. The SMILES string of the molecule is O=C(O)Cc1ccc(OC2O[C@H](CO)[C@@H](O)[C@H](O)[C@H]2O)cc1. The molecule has 5 atom stereocenters. The molecule has 1 aliphatic heterocycles. The van der Waals surface area contributed by atoms with Crippen LogP contribution >= 0.6 is 0 Å². The van der Waals surface area contributed by atoms with Gasteiger partial charge in [0.25, 0.3) is 0 Å². The Balaban J connectivity index is 2.04. The van der Waals surface area contributed by atoms with Crippen LogP contribution in [0, 0.1) is 0 Å². The number of aliphatic hydroxyl groups is 4. The normalized spacial score (nSPS) is 31.7. The van der Waals surface area contributed by atoms with E-state index in [2.05, 4.69) is 0 Å². The zero-order valence-corrected chi connectivity index (χ0v) is 11.6. The average Bonchev–Trinajstić information content (AvgIpc) is 2.49. The Labute approximate surface area is 126 Å². The van der Waals surface area contributed by atoms with Crippen molar-refractivity contribution in [1.29, 1.82) is 0 Å². The van der Waals surface area contributed by atoms with Crippen molar-refractivity contribution in [2.24, 2.45) is 0 Å². The van der Waals surface area contributed by atoms with Gasteiger partial charge in [0.15, 0.2) is 0 Å². The lowest BCUT2D eigenvalue weighted by Crippen LogP contribution is -2.60. The minimum atomic E-state index is -1.51. The van der Waals surface area contributed by atoms with Crippen molar-refractivity contribution in [3.63, 3.8) is 0 Å². The van der Waals surface area contributed by atoms with Crippen LogP contribution in [0.4, 0.5) is 0 Å². The number of aliphatic hydroxyl groups excluding tert-OH is 4. The molecule has 1 unspecified atom stereocenters. The quantitative estimate of drug-likeness (QED) is 0.442. The van der Waals surface area contributed by atoms with Crippen molar-refractivity contribution in [3.8, 4) is 5.75 Å². The van der Waals surface area contributed by atoms with Gasteiger partial charge in [0.05, 0.1) is 13.0 Å². The van der Waals surface area contributed by atoms with Gasteiger partial charge in [-0.25, -0.2) is 0 Å². The van der Waals surface area contributed by atoms with Crippen LogP contribution in [0.5, 0.6) is 5.75 Å². The molecule has 0 amide bonds. The van der Waals surface area contributed by atoms with E-state index in [0.717, 1.165) is 0 Å². The summed E-state index contributed by atoms with van der Waals surface area (Å²) in [5.41, 5.74) is 0.577. The number of hydrogen-bond acceptors (Lipinski definition) is 7. The Kier molecular flexibility index (Phi) is 5.33. The molecule has 22 heavy (non-hydrogen) atoms. The third-order valence-electron chi connectivity index (χ3n) is 3.38. The van der Waals surface area contributed by atoms with Crippen LogP contribution in [0.25, 0.3) is 0 Å². The molecule has 1 saturated heterocycles. The number of carboxylic acids is 1. The minimum Gasteiger partial charge on any atom is -0.481 e. The lowest BCUT2D eigenvalue weighted by Gasteiger charge is -2.39. The molecule has 8 heteroatoms. The highest BCUT2D eigenvalue weighted by molar-refractivity contribution is 5.70. The van der Waals surface area contributed by atoms with E-state index in [-0.39, 0.29) is 6.42 Å². The zero-order valence-electron chi connectivity index (χ0n) is 11.6. The van der Waals surface area contributed by atoms with E-state index in [0.29, 0.717) is 11.3 Å². The smallest absolute Gasteiger partial charge is 0.307 e. The van der Waals surface area contributed by atoms with Crippen molar-refractivity contribution < 1.29 is 39.8 Å². The van der Waals surface area contributed by atoms with E-state index in [4.69, 9.17) is 19.7 Å². The first-order valence-corrected chi connectivity index (χ1v) is 6.70. The van der Waals surface area contributed by atoms with Gasteiger partial charge in [-0.05, 0) is 17.7 Å². The number of hydrogen-bond donors (Lipinski definition) is 5. The van der Waals surface area contributed by atoms with Crippen molar-refractivity contribution >= 4 is 5.97 Å². The fourth-order valence-electron chi connectivity index (χ4n) is 2.16. The first kappa shape index (κ1) is 16.7. The molecule has 0 aliphatic carbocycles. The molecule has 0 spiro atoms. The lowest BCUT2D eigenvalue weighted by atomic mass is 9.99. The molecule has 5 N–H and O–H groups in total. The molecule has 1 aromatic carbocycles. The monoisotopic (exact) mass is 314 g/mol. The number of rotatable bonds is 5. The summed E-state index contributed by atoms with van der Waals surface area (Å²) in [6, 6.07) is 6.10. The predicted octanol–water partition coefficient (Wildman–Crippen LogP) is -1.51. The summed E-state index contributed by atoms with van der Waals surface area (Å²) in [7, 11) is 0. The molecule has 0 saturated carbocycles. The maximum atomic E-state index is 10.6. The number of ether oxygens (including phenoxy) is 2. The molecule has 8 nitrogen and oxygen atoms in total. The van der Waals surface area contributed by atoms with E-state index in [9.17, 15) is 20.1 Å². The van der Waals surface area contributed by atoms with E-state index >= 15 is 0 Å². The fraction of sp³-hybridized carbons (Fsp3) is 0.500. The van der Waals surface area contributed by atoms with Gasteiger partial charge in [-0.2, -0.15) is 0 Å². The third-order valence-corrected chi connectivity index (χ3v) is 3.38. The molecule has 0 radical (unpaired) electrons. The Morgan fingerprint density at radius 1 is 1.09 bits per heavy atom. The molecular weight excluding hydrogens is 296 g/mol. The summed E-state index contributed by atoms with van der Waals surface area (Å²) in [6.07, 6.45) is -6.88. The van der Waals surface area contributed by atoms with E-state index in [1.807, 2.05) is 0 Å². The Morgan fingerprint density at radius 2 is 1.73 bits per heavy atom. The summed E-state index contributed by atoms with van der Waals surface area (Å²) in [6.45, 7) is -0.539. The molecule has 1 fully saturated rings. The van der Waals surface area contributed by atoms with Gasteiger partial charge in [-0.15, -0.1) is 0 Å². The second-order valence-corrected chi connectivity index (χ2v) is 5.03. The molecule has 1 aliphatic rings. The van der Waals surface area contributed by atoms with Gasteiger partial charge >= 0.3 is 5.97 Å². The minimum absolute atomic E-state index is 0.125. The second-order valence-electron chi connectivity index (χ2n) is 5.03. The molecule has 0 bridgehead atoms. The largest absolute Gasteiger partial charge is 0.481 e. The first-order valence-electron chi connectivity index (χ1n) is 6.70. The molecule has 1 aromatic rings. The summed E-state index contributed by atoms with van der Waals surface area (Å²) >= 11 is 0. The Hall–Kier alpha value is -1.71. The van der Waals surface area contributed by atoms with Crippen LogP contribution in [0.15, 0.2) is 24.3 Å². The van der Waals surface area contributed by atoms with Gasteiger partial charge in [0.2, 0.25) is 6.29 Å². The maximum absolute atomic E-state index is 10.6. The molecule has 1 heterocycles. The fourth-order valence-corrected chi connectivity index (χ4v) is 2.16. The number of aliphatic carboxylic acids is 1. The molecule has 122 valence electrons. The van der Waals surface area contributed by atoms with Gasteiger partial charge in [0, 0.05) is 0 Å². The van der Waals surface area contributed by atoms with Gasteiger partial charge in [0.1, 0.15) is 30.2 Å². The first-order chi connectivity index (χ1) is 10.4. The number of carboxylic acid groups (broad SMARTS) is 1. The standard InChI is InChI=1S/C14H18O8/c15-6-9-11(18)12(19)13(20)14(22-9)21-8-3-1-7(2-4-8)5-10(16)17/h1-4,9,11-15,18-20H,5-6H2,(H,16,17)/t9-,11-,12+,13-,14?/m1/s1. The van der Waals surface area contributed by atoms with Crippen LogP contribution in [0.1, 0.15) is 5.56 Å². The van der Waals surface area contributed by atoms with Crippen LogP contribution in [-0.4, -0.2) is 68.8 Å². The van der Waals surface area contributed by atoms with E-state index in [1.54, 1.807) is 12.1 Å². The van der Waals surface area contributed by atoms with Crippen LogP contribution < -0.4 is 4.74 Å². The zero-order chi connectivity index (χ0) is 16.3. The Morgan fingerprint density at radius 3 is 2.27 bits per heavy atom. The number of benzene rings is 1. The van der Waals surface area contributed by atoms with Gasteiger partial charge < -0.3 is 35.0 Å². The van der Waals surface area contributed by atoms with Crippen LogP contribution in [0.3, 0.4) is 0 Å². The summed E-state index contributed by atoms with van der Waals surface area (Å²) in [5.74, 6) is -0.666. The van der Waals surface area contributed by atoms with Gasteiger partial charge in [-0.1, -0.05) is 12.1 Å². The number of carbonyl (C=O) groups is 1. The van der Waals surface area contributed by atoms with Crippen molar-refractivity contribution in [3.05, 3.63) is 29.8 Å². The summed E-state index contributed by atoms with van der Waals surface area (Å²) in [4.78, 5) is 10.6. The van der Waals surface area contributed by atoms with Crippen LogP contribution in [-0.2, 0) is 16.0 Å². The Bertz CT molecular complexity index is 500. The topological polar surface area (TPSA) is 137 Å². The third kappa shape index (κ3) is 3.73. The highest BCUT2D eigenvalue weighted by atomic mass is 16.7. The predicted molar refractivity (Wildman–Crippen MR) is 72.2 cm³/mol. The average molecular weight is 314 g/mol. The van der Waals surface area contributed by atoms with Gasteiger partial charge in [-0.3, -0.25) is 4.79 Å². The second kappa shape index (κ2) is 7.03. The van der Waals surface area contributed by atoms with Crippen molar-refractivity contribution in [2.45, 2.75) is 37.1 Å². The van der Waals surface area contributed by atoms with Crippen LogP contribution in [0.2, 0.25) is 0 Å². The highest BCUT2D eigenvalue weighted by Crippen LogP contribution is 2.24. The summed E-state index contributed by atoms with van der Waals surface area (Å²) < 4.78 is 10.6. The van der Waals surface area contributed by atoms with E-state index < -0.39 is 43.3 Å².